The van der Waals surface area contributed by atoms with Crippen molar-refractivity contribution >= 4 is 23.6 Å². The zero-order valence-electron chi connectivity index (χ0n) is 11.2. The first-order valence-electron chi connectivity index (χ1n) is 6.21. The van der Waals surface area contributed by atoms with Crippen LogP contribution in [-0.4, -0.2) is 33.5 Å². The maximum atomic E-state index is 11.7. The van der Waals surface area contributed by atoms with Gasteiger partial charge in [0.1, 0.15) is 10.7 Å². The minimum atomic E-state index is -1.00. The average molecular weight is 303 g/mol. The fourth-order valence-corrected chi connectivity index (χ4v) is 2.41. The molecule has 0 aliphatic heterocycles. The minimum absolute atomic E-state index is 0.172. The van der Waals surface area contributed by atoms with E-state index in [2.05, 4.69) is 15.3 Å². The Morgan fingerprint density at radius 2 is 2.00 bits per heavy atom. The van der Waals surface area contributed by atoms with E-state index < -0.39 is 5.97 Å². The van der Waals surface area contributed by atoms with E-state index in [9.17, 15) is 9.59 Å². The molecule has 0 aliphatic rings. The predicted molar refractivity (Wildman–Crippen MR) is 77.6 cm³/mol. The number of carboxylic acids is 1. The van der Waals surface area contributed by atoms with E-state index >= 15 is 0 Å². The van der Waals surface area contributed by atoms with Gasteiger partial charge in [-0.3, -0.25) is 9.78 Å². The molecule has 6 nitrogen and oxygen atoms in total. The van der Waals surface area contributed by atoms with Crippen LogP contribution in [0.2, 0.25) is 0 Å². The van der Waals surface area contributed by atoms with Crippen molar-refractivity contribution in [1.82, 2.24) is 15.3 Å². The molecule has 2 heterocycles. The molecule has 21 heavy (non-hydrogen) atoms. The van der Waals surface area contributed by atoms with E-state index in [1.807, 2.05) is 6.92 Å². The monoisotopic (exact) mass is 303 g/mol. The van der Waals surface area contributed by atoms with Crippen LogP contribution in [0.5, 0.6) is 0 Å². The number of carbonyl (C=O) groups excluding carboxylic acids is 1. The summed E-state index contributed by atoms with van der Waals surface area (Å²) in [5.41, 5.74) is 0.488. The highest BCUT2D eigenvalue weighted by atomic mass is 32.2. The van der Waals surface area contributed by atoms with E-state index in [4.69, 9.17) is 5.11 Å². The molecule has 2 aromatic heterocycles. The summed E-state index contributed by atoms with van der Waals surface area (Å²) in [6, 6.07) is 6.30. The van der Waals surface area contributed by atoms with Crippen LogP contribution in [0.25, 0.3) is 0 Å². The van der Waals surface area contributed by atoms with Crippen LogP contribution in [-0.2, 0) is 0 Å². The second-order valence-electron chi connectivity index (χ2n) is 4.03. The second kappa shape index (κ2) is 6.85. The average Bonchev–Trinajstić information content (AvgIpc) is 2.48. The number of aromatic carboxylic acids is 1. The van der Waals surface area contributed by atoms with Crippen LogP contribution in [0.3, 0.4) is 0 Å². The fourth-order valence-electron chi connectivity index (χ4n) is 1.57. The van der Waals surface area contributed by atoms with Gasteiger partial charge >= 0.3 is 5.97 Å². The largest absolute Gasteiger partial charge is 0.478 e. The molecule has 2 N–H and O–H groups in total. The van der Waals surface area contributed by atoms with Crippen molar-refractivity contribution in [1.29, 1.82) is 0 Å². The molecule has 0 aliphatic carbocycles. The van der Waals surface area contributed by atoms with Crippen molar-refractivity contribution in [2.45, 2.75) is 16.8 Å². The number of pyridine rings is 2. The number of carboxylic acid groups (broad SMARTS) is 1. The third-order valence-corrected chi connectivity index (χ3v) is 3.43. The summed E-state index contributed by atoms with van der Waals surface area (Å²) < 4.78 is 0. The number of hydrogen-bond donors (Lipinski definition) is 2. The summed E-state index contributed by atoms with van der Waals surface area (Å²) >= 11 is 1.27. The number of nitrogens with zero attached hydrogens (tertiary/aromatic N) is 2. The van der Waals surface area contributed by atoms with Gasteiger partial charge in [-0.15, -0.1) is 0 Å². The molecule has 0 aromatic carbocycles. The standard InChI is InChI=1S/C14H13N3O3S/c1-2-15-13(18)11-8-10(4-6-16-11)21-12-7-9(14(19)20)3-5-17-12/h3-8H,2H2,1H3,(H,15,18)(H,19,20). The number of rotatable bonds is 5. The Morgan fingerprint density at radius 3 is 2.71 bits per heavy atom. The van der Waals surface area contributed by atoms with E-state index in [-0.39, 0.29) is 11.5 Å². The lowest BCUT2D eigenvalue weighted by Crippen LogP contribution is -2.23. The van der Waals surface area contributed by atoms with Gasteiger partial charge in [0.25, 0.3) is 5.91 Å². The summed E-state index contributed by atoms with van der Waals surface area (Å²) in [7, 11) is 0. The van der Waals surface area contributed by atoms with Crippen molar-refractivity contribution in [3.8, 4) is 0 Å². The smallest absolute Gasteiger partial charge is 0.335 e. The molecule has 2 aromatic rings. The number of aromatic nitrogens is 2. The van der Waals surface area contributed by atoms with Crippen molar-refractivity contribution in [2.75, 3.05) is 6.54 Å². The molecule has 0 spiro atoms. The summed E-state index contributed by atoms with van der Waals surface area (Å²) in [5, 5.41) is 12.2. The van der Waals surface area contributed by atoms with E-state index in [0.29, 0.717) is 17.3 Å². The van der Waals surface area contributed by atoms with Crippen molar-refractivity contribution in [3.05, 3.63) is 47.9 Å². The quantitative estimate of drug-likeness (QED) is 0.878. The third-order valence-electron chi connectivity index (χ3n) is 2.51. The number of hydrogen-bond acceptors (Lipinski definition) is 5. The molecule has 0 radical (unpaired) electrons. The van der Waals surface area contributed by atoms with Crippen LogP contribution >= 0.6 is 11.8 Å². The molecule has 0 bridgehead atoms. The molecular formula is C14H13N3O3S. The summed E-state index contributed by atoms with van der Waals surface area (Å²) in [6.07, 6.45) is 2.98. The lowest BCUT2D eigenvalue weighted by molar-refractivity contribution is 0.0696. The molecule has 1 amide bonds. The molecule has 0 saturated heterocycles. The third kappa shape index (κ3) is 4.03. The first-order valence-corrected chi connectivity index (χ1v) is 7.03. The first kappa shape index (κ1) is 15.0. The van der Waals surface area contributed by atoms with Gasteiger partial charge in [-0.1, -0.05) is 11.8 Å². The minimum Gasteiger partial charge on any atom is -0.478 e. The molecule has 0 atom stereocenters. The lowest BCUT2D eigenvalue weighted by Gasteiger charge is -2.04. The normalized spacial score (nSPS) is 10.1. The second-order valence-corrected chi connectivity index (χ2v) is 5.12. The molecule has 0 saturated carbocycles. The topological polar surface area (TPSA) is 92.2 Å². The molecule has 0 unspecified atom stereocenters. The highest BCUT2D eigenvalue weighted by molar-refractivity contribution is 7.99. The van der Waals surface area contributed by atoms with Crippen LogP contribution in [0.4, 0.5) is 0 Å². The van der Waals surface area contributed by atoms with Gasteiger partial charge in [0, 0.05) is 23.8 Å². The van der Waals surface area contributed by atoms with Gasteiger partial charge in [-0.05, 0) is 31.2 Å². The number of carbonyl (C=O) groups is 2. The summed E-state index contributed by atoms with van der Waals surface area (Å²) in [5.74, 6) is -1.25. The Labute approximate surface area is 125 Å². The highest BCUT2D eigenvalue weighted by Crippen LogP contribution is 2.26. The number of nitrogens with one attached hydrogen (secondary N) is 1. The molecule has 0 fully saturated rings. The Hall–Kier alpha value is -2.41. The van der Waals surface area contributed by atoms with Gasteiger partial charge in [0.2, 0.25) is 0 Å². The Balaban J connectivity index is 2.20. The van der Waals surface area contributed by atoms with E-state index in [1.165, 1.54) is 36.3 Å². The zero-order valence-corrected chi connectivity index (χ0v) is 12.1. The maximum absolute atomic E-state index is 11.7. The van der Waals surface area contributed by atoms with Crippen LogP contribution < -0.4 is 5.32 Å². The summed E-state index contributed by atoms with van der Waals surface area (Å²) in [4.78, 5) is 31.5. The zero-order chi connectivity index (χ0) is 15.2. The van der Waals surface area contributed by atoms with Gasteiger partial charge < -0.3 is 10.4 Å². The Morgan fingerprint density at radius 1 is 1.24 bits per heavy atom. The van der Waals surface area contributed by atoms with Crippen molar-refractivity contribution in [2.24, 2.45) is 0 Å². The van der Waals surface area contributed by atoms with Gasteiger partial charge in [-0.25, -0.2) is 9.78 Å². The van der Waals surface area contributed by atoms with E-state index in [0.717, 1.165) is 4.90 Å². The lowest BCUT2D eigenvalue weighted by atomic mass is 10.3. The van der Waals surface area contributed by atoms with E-state index in [1.54, 1.807) is 12.1 Å². The van der Waals surface area contributed by atoms with Gasteiger partial charge in [0.05, 0.1) is 5.56 Å². The van der Waals surface area contributed by atoms with Gasteiger partial charge in [-0.2, -0.15) is 0 Å². The Kier molecular flexibility index (Phi) is 4.89. The van der Waals surface area contributed by atoms with Crippen LogP contribution in [0, 0.1) is 0 Å². The summed E-state index contributed by atoms with van der Waals surface area (Å²) in [6.45, 7) is 2.36. The number of amides is 1. The maximum Gasteiger partial charge on any atom is 0.335 e. The molecular weight excluding hydrogens is 290 g/mol. The highest BCUT2D eigenvalue weighted by Gasteiger charge is 2.09. The van der Waals surface area contributed by atoms with Gasteiger partial charge in [0.15, 0.2) is 0 Å². The Bertz CT molecular complexity index is 676. The van der Waals surface area contributed by atoms with Crippen molar-refractivity contribution < 1.29 is 14.7 Å². The van der Waals surface area contributed by atoms with Crippen LogP contribution in [0.15, 0.2) is 46.6 Å². The predicted octanol–water partition coefficient (Wildman–Crippen LogP) is 2.08. The van der Waals surface area contributed by atoms with Crippen molar-refractivity contribution in [3.63, 3.8) is 0 Å². The van der Waals surface area contributed by atoms with Crippen LogP contribution in [0.1, 0.15) is 27.8 Å². The molecule has 7 heteroatoms. The first-order chi connectivity index (χ1) is 10.1. The molecule has 108 valence electrons. The molecule has 2 rings (SSSR count). The fraction of sp³-hybridized carbons (Fsp3) is 0.143. The SMILES string of the molecule is CCNC(=O)c1cc(Sc2cc(C(=O)O)ccn2)ccn1.